The molecule has 0 aliphatic rings. The minimum Gasteiger partial charge on any atom is -0.491 e. The normalized spacial score (nSPS) is 10.5. The number of para-hydroxylation sites is 1. The molecule has 0 aliphatic carbocycles. The molecular formula is C13H17N3O2. The summed E-state index contributed by atoms with van der Waals surface area (Å²) in [6, 6.07) is 9.74. The number of rotatable bonds is 7. The lowest BCUT2D eigenvalue weighted by Gasteiger charge is -2.10. The predicted molar refractivity (Wildman–Crippen MR) is 68.2 cm³/mol. The number of nitrogens with zero attached hydrogens (tertiary/aromatic N) is 1. The van der Waals surface area contributed by atoms with Gasteiger partial charge < -0.3 is 15.2 Å². The van der Waals surface area contributed by atoms with E-state index in [9.17, 15) is 0 Å². The summed E-state index contributed by atoms with van der Waals surface area (Å²) in [4.78, 5) is 0. The fourth-order valence-electron chi connectivity index (χ4n) is 1.66. The Kier molecular flexibility index (Phi) is 4.75. The third-order valence-electron chi connectivity index (χ3n) is 2.51. The second-order valence-electron chi connectivity index (χ2n) is 3.87. The highest BCUT2D eigenvalue weighted by Gasteiger charge is 2.02. The van der Waals surface area contributed by atoms with E-state index in [4.69, 9.17) is 9.84 Å². The molecule has 2 aromatic rings. The average Bonchev–Trinajstić information content (AvgIpc) is 2.91. The molecule has 3 N–H and O–H groups in total. The van der Waals surface area contributed by atoms with Gasteiger partial charge in [0.25, 0.3) is 0 Å². The first-order chi connectivity index (χ1) is 8.90. The van der Waals surface area contributed by atoms with Crippen LogP contribution in [-0.4, -0.2) is 28.5 Å². The molecule has 0 unspecified atom stereocenters. The third kappa shape index (κ3) is 3.58. The zero-order valence-corrected chi connectivity index (χ0v) is 10.1. The van der Waals surface area contributed by atoms with Gasteiger partial charge in [0, 0.05) is 30.5 Å². The molecule has 0 aliphatic heterocycles. The van der Waals surface area contributed by atoms with E-state index in [1.54, 1.807) is 6.20 Å². The van der Waals surface area contributed by atoms with Crippen molar-refractivity contribution in [2.45, 2.75) is 13.1 Å². The first-order valence-corrected chi connectivity index (χ1v) is 5.90. The number of hydrogen-bond donors (Lipinski definition) is 3. The van der Waals surface area contributed by atoms with E-state index in [2.05, 4.69) is 15.5 Å². The van der Waals surface area contributed by atoms with Crippen molar-refractivity contribution in [1.29, 1.82) is 0 Å². The van der Waals surface area contributed by atoms with Gasteiger partial charge in [-0.3, -0.25) is 5.10 Å². The largest absolute Gasteiger partial charge is 0.491 e. The molecule has 5 nitrogen and oxygen atoms in total. The second kappa shape index (κ2) is 6.78. The van der Waals surface area contributed by atoms with E-state index < -0.39 is 0 Å². The van der Waals surface area contributed by atoms with Gasteiger partial charge in [0.1, 0.15) is 12.4 Å². The van der Waals surface area contributed by atoms with E-state index in [1.807, 2.05) is 30.3 Å². The van der Waals surface area contributed by atoms with Gasteiger partial charge >= 0.3 is 0 Å². The van der Waals surface area contributed by atoms with Gasteiger partial charge in [-0.1, -0.05) is 18.2 Å². The van der Waals surface area contributed by atoms with Crippen LogP contribution in [0, 0.1) is 0 Å². The minimum atomic E-state index is 0.0237. The number of aromatic nitrogens is 2. The lowest BCUT2D eigenvalue weighted by molar-refractivity contribution is 0.200. The van der Waals surface area contributed by atoms with E-state index in [0.717, 1.165) is 23.6 Å². The van der Waals surface area contributed by atoms with Crippen LogP contribution in [0.3, 0.4) is 0 Å². The monoisotopic (exact) mass is 247 g/mol. The summed E-state index contributed by atoms with van der Waals surface area (Å²) in [5.74, 6) is 0.809. The second-order valence-corrected chi connectivity index (χ2v) is 3.87. The molecule has 1 aromatic carbocycles. The van der Waals surface area contributed by atoms with Gasteiger partial charge in [0.15, 0.2) is 0 Å². The fraction of sp³-hybridized carbons (Fsp3) is 0.308. The standard InChI is InChI=1S/C13H17N3O2/c17-7-8-18-13-4-2-1-3-11(13)9-14-10-12-5-6-15-16-12/h1-6,14,17H,7-10H2,(H,15,16). The molecule has 0 radical (unpaired) electrons. The van der Waals surface area contributed by atoms with Gasteiger partial charge in [-0.2, -0.15) is 5.10 Å². The van der Waals surface area contributed by atoms with Crippen molar-refractivity contribution in [3.05, 3.63) is 47.8 Å². The Morgan fingerprint density at radius 2 is 2.11 bits per heavy atom. The van der Waals surface area contributed by atoms with Crippen LogP contribution in [0.25, 0.3) is 0 Å². The van der Waals surface area contributed by atoms with Crippen molar-refractivity contribution in [3.63, 3.8) is 0 Å². The molecule has 0 saturated heterocycles. The molecule has 0 spiro atoms. The maximum absolute atomic E-state index is 8.77. The van der Waals surface area contributed by atoms with Crippen LogP contribution in [-0.2, 0) is 13.1 Å². The summed E-state index contributed by atoms with van der Waals surface area (Å²) < 4.78 is 5.46. The Labute approximate surface area is 106 Å². The Morgan fingerprint density at radius 1 is 1.22 bits per heavy atom. The van der Waals surface area contributed by atoms with Crippen LogP contribution < -0.4 is 10.1 Å². The number of hydrogen-bond acceptors (Lipinski definition) is 4. The molecule has 1 aromatic heterocycles. The zero-order chi connectivity index (χ0) is 12.6. The highest BCUT2D eigenvalue weighted by molar-refractivity contribution is 5.33. The topological polar surface area (TPSA) is 70.2 Å². The summed E-state index contributed by atoms with van der Waals surface area (Å²) in [6.07, 6.45) is 1.73. The van der Waals surface area contributed by atoms with Crippen molar-refractivity contribution in [2.75, 3.05) is 13.2 Å². The summed E-state index contributed by atoms with van der Waals surface area (Å²) in [5, 5.41) is 18.9. The number of H-pyrrole nitrogens is 1. The van der Waals surface area contributed by atoms with Crippen LogP contribution >= 0.6 is 0 Å². The number of aromatic amines is 1. The van der Waals surface area contributed by atoms with Gasteiger partial charge in [-0.25, -0.2) is 0 Å². The number of aliphatic hydroxyl groups is 1. The fourth-order valence-corrected chi connectivity index (χ4v) is 1.66. The minimum absolute atomic E-state index is 0.0237. The molecule has 0 amide bonds. The summed E-state index contributed by atoms with van der Waals surface area (Å²) >= 11 is 0. The molecule has 1 heterocycles. The van der Waals surface area contributed by atoms with E-state index in [-0.39, 0.29) is 6.61 Å². The molecule has 18 heavy (non-hydrogen) atoms. The van der Waals surface area contributed by atoms with Gasteiger partial charge in [0.2, 0.25) is 0 Å². The Morgan fingerprint density at radius 3 is 2.89 bits per heavy atom. The van der Waals surface area contributed by atoms with Crippen LogP contribution in [0.15, 0.2) is 36.5 Å². The molecule has 0 fully saturated rings. The maximum Gasteiger partial charge on any atom is 0.123 e. The van der Waals surface area contributed by atoms with Gasteiger partial charge in [-0.15, -0.1) is 0 Å². The molecule has 96 valence electrons. The van der Waals surface area contributed by atoms with E-state index in [1.165, 1.54) is 0 Å². The molecule has 2 rings (SSSR count). The quantitative estimate of drug-likeness (QED) is 0.684. The van der Waals surface area contributed by atoms with Crippen LogP contribution in [0.2, 0.25) is 0 Å². The van der Waals surface area contributed by atoms with Crippen molar-refractivity contribution in [2.24, 2.45) is 0 Å². The van der Waals surface area contributed by atoms with Gasteiger partial charge in [-0.05, 0) is 12.1 Å². The first-order valence-electron chi connectivity index (χ1n) is 5.90. The van der Waals surface area contributed by atoms with Crippen LogP contribution in [0.1, 0.15) is 11.3 Å². The van der Waals surface area contributed by atoms with Crippen molar-refractivity contribution in [3.8, 4) is 5.75 Å². The zero-order valence-electron chi connectivity index (χ0n) is 10.1. The Bertz CT molecular complexity index is 457. The Balaban J connectivity index is 1.87. The lowest BCUT2D eigenvalue weighted by atomic mass is 10.2. The molecule has 0 atom stereocenters. The van der Waals surface area contributed by atoms with E-state index in [0.29, 0.717) is 13.2 Å². The number of benzene rings is 1. The van der Waals surface area contributed by atoms with Crippen LogP contribution in [0.5, 0.6) is 5.75 Å². The highest BCUT2D eigenvalue weighted by Crippen LogP contribution is 2.17. The maximum atomic E-state index is 8.77. The van der Waals surface area contributed by atoms with Crippen molar-refractivity contribution in [1.82, 2.24) is 15.5 Å². The summed E-state index contributed by atoms with van der Waals surface area (Å²) in [6.45, 7) is 1.78. The van der Waals surface area contributed by atoms with Gasteiger partial charge in [0.05, 0.1) is 6.61 Å². The molecule has 0 saturated carbocycles. The smallest absolute Gasteiger partial charge is 0.123 e. The predicted octanol–water partition coefficient (Wildman–Crippen LogP) is 1.07. The van der Waals surface area contributed by atoms with Crippen molar-refractivity contribution >= 4 is 0 Å². The summed E-state index contributed by atoms with van der Waals surface area (Å²) in [7, 11) is 0. The van der Waals surface area contributed by atoms with Crippen molar-refractivity contribution < 1.29 is 9.84 Å². The van der Waals surface area contributed by atoms with Crippen LogP contribution in [0.4, 0.5) is 0 Å². The number of ether oxygens (including phenoxy) is 1. The average molecular weight is 247 g/mol. The number of nitrogens with one attached hydrogen (secondary N) is 2. The van der Waals surface area contributed by atoms with E-state index >= 15 is 0 Å². The number of aliphatic hydroxyl groups excluding tert-OH is 1. The Hall–Kier alpha value is -1.85. The first kappa shape index (κ1) is 12.6. The highest BCUT2D eigenvalue weighted by atomic mass is 16.5. The summed E-state index contributed by atoms with van der Waals surface area (Å²) in [5.41, 5.74) is 2.12. The lowest BCUT2D eigenvalue weighted by Crippen LogP contribution is -2.14. The SMILES string of the molecule is OCCOc1ccccc1CNCc1ccn[nH]1. The third-order valence-corrected chi connectivity index (χ3v) is 2.51. The molecular weight excluding hydrogens is 230 g/mol. The molecule has 0 bridgehead atoms. The molecule has 5 heteroatoms.